The number of hydrogen-bond acceptors (Lipinski definition) is 5. The first-order valence-corrected chi connectivity index (χ1v) is 11.5. The zero-order chi connectivity index (χ0) is 23.7. The molecule has 0 N–H and O–H groups in total. The lowest BCUT2D eigenvalue weighted by Gasteiger charge is -2.36. The molecule has 174 valence electrons. The minimum atomic E-state index is -0.246. The molecule has 0 spiro atoms. The van der Waals surface area contributed by atoms with Gasteiger partial charge in [-0.25, -0.2) is 0 Å². The normalized spacial score (nSPS) is 17.8. The minimum absolute atomic E-state index is 0.181. The number of imide groups is 1. The smallest absolute Gasteiger partial charge is 0.278 e. The van der Waals surface area contributed by atoms with Gasteiger partial charge in [-0.2, -0.15) is 0 Å². The zero-order valence-electron chi connectivity index (χ0n) is 20.2. The highest BCUT2D eigenvalue weighted by molar-refractivity contribution is 6.35. The van der Waals surface area contributed by atoms with E-state index >= 15 is 0 Å². The molecule has 2 heterocycles. The van der Waals surface area contributed by atoms with Gasteiger partial charge in [0.25, 0.3) is 11.8 Å². The third-order valence-corrected chi connectivity index (χ3v) is 7.05. The van der Waals surface area contributed by atoms with Crippen LogP contribution in [-0.2, 0) is 16.1 Å². The first kappa shape index (κ1) is 23.1. The number of aryl methyl sites for hydroxylation is 2. The lowest BCUT2D eigenvalue weighted by atomic mass is 9.97. The molecule has 2 aliphatic rings. The summed E-state index contributed by atoms with van der Waals surface area (Å²) in [5.74, 6) is 0.187. The molecule has 0 unspecified atom stereocenters. The number of nitrogens with zero attached hydrogens (tertiary/aromatic N) is 3. The Morgan fingerprint density at radius 2 is 1.70 bits per heavy atom. The molecule has 1 fully saturated rings. The number of likely N-dealkylation sites (tertiary alicyclic amines) is 1. The third kappa shape index (κ3) is 4.40. The van der Waals surface area contributed by atoms with Crippen molar-refractivity contribution in [3.8, 4) is 5.75 Å². The van der Waals surface area contributed by atoms with E-state index in [1.807, 2.05) is 56.4 Å². The predicted molar refractivity (Wildman–Crippen MR) is 130 cm³/mol. The molecule has 0 aliphatic carbocycles. The number of methoxy groups -OCH3 is 1. The molecule has 4 rings (SSSR count). The number of benzene rings is 2. The third-order valence-electron chi connectivity index (χ3n) is 7.05. The molecule has 0 saturated carbocycles. The summed E-state index contributed by atoms with van der Waals surface area (Å²) >= 11 is 0. The zero-order valence-corrected chi connectivity index (χ0v) is 20.2. The summed E-state index contributed by atoms with van der Waals surface area (Å²) in [6, 6.07) is 13.7. The summed E-state index contributed by atoms with van der Waals surface area (Å²) in [6.07, 6.45) is 1.93. The summed E-state index contributed by atoms with van der Waals surface area (Å²) in [5.41, 5.74) is 4.88. The molecule has 2 amide bonds. The lowest BCUT2D eigenvalue weighted by molar-refractivity contribution is -0.138. The molecule has 6 heteroatoms. The van der Waals surface area contributed by atoms with Crippen molar-refractivity contribution in [2.45, 2.75) is 39.3 Å². The summed E-state index contributed by atoms with van der Waals surface area (Å²) in [5, 5.41) is 0. The summed E-state index contributed by atoms with van der Waals surface area (Å²) < 4.78 is 5.47. The van der Waals surface area contributed by atoms with Crippen molar-refractivity contribution in [3.63, 3.8) is 0 Å². The van der Waals surface area contributed by atoms with Crippen molar-refractivity contribution in [1.82, 2.24) is 14.7 Å². The van der Waals surface area contributed by atoms with Gasteiger partial charge < -0.3 is 14.5 Å². The fourth-order valence-electron chi connectivity index (χ4n) is 4.76. The van der Waals surface area contributed by atoms with E-state index in [1.54, 1.807) is 7.11 Å². The molecular formula is C27H33N3O3. The average molecular weight is 448 g/mol. The first-order valence-electron chi connectivity index (χ1n) is 11.5. The van der Waals surface area contributed by atoms with E-state index in [0.717, 1.165) is 48.2 Å². The molecule has 0 atom stereocenters. The molecule has 0 bridgehead atoms. The molecule has 2 aromatic rings. The second kappa shape index (κ2) is 9.40. The maximum atomic E-state index is 13.8. The Kier molecular flexibility index (Phi) is 6.56. The minimum Gasteiger partial charge on any atom is -0.496 e. The van der Waals surface area contributed by atoms with Crippen molar-refractivity contribution in [2.24, 2.45) is 0 Å². The predicted octanol–water partition coefficient (Wildman–Crippen LogP) is 3.62. The second-order valence-corrected chi connectivity index (χ2v) is 9.18. The van der Waals surface area contributed by atoms with Crippen LogP contribution < -0.4 is 4.74 Å². The van der Waals surface area contributed by atoms with Gasteiger partial charge >= 0.3 is 0 Å². The van der Waals surface area contributed by atoms with E-state index in [-0.39, 0.29) is 24.4 Å². The average Bonchev–Trinajstić information content (AvgIpc) is 3.06. The number of rotatable bonds is 6. The van der Waals surface area contributed by atoms with Crippen LogP contribution in [0.4, 0.5) is 0 Å². The Morgan fingerprint density at radius 3 is 2.36 bits per heavy atom. The fraction of sp³-hybridized carbons (Fsp3) is 0.407. The van der Waals surface area contributed by atoms with Crippen molar-refractivity contribution >= 4 is 17.4 Å². The fourth-order valence-corrected chi connectivity index (χ4v) is 4.76. The number of ether oxygens (including phenoxy) is 1. The van der Waals surface area contributed by atoms with Crippen molar-refractivity contribution in [3.05, 3.63) is 70.4 Å². The van der Waals surface area contributed by atoms with E-state index in [2.05, 4.69) is 23.8 Å². The van der Waals surface area contributed by atoms with E-state index in [1.165, 1.54) is 4.90 Å². The van der Waals surface area contributed by atoms with Crippen LogP contribution in [0.2, 0.25) is 0 Å². The van der Waals surface area contributed by atoms with Gasteiger partial charge in [0.2, 0.25) is 0 Å². The highest BCUT2D eigenvalue weighted by Gasteiger charge is 2.42. The van der Waals surface area contributed by atoms with Gasteiger partial charge in [-0.05, 0) is 69.6 Å². The second-order valence-electron chi connectivity index (χ2n) is 9.18. The molecule has 0 radical (unpaired) electrons. The Labute approximate surface area is 196 Å². The van der Waals surface area contributed by atoms with Crippen LogP contribution in [0, 0.1) is 13.8 Å². The van der Waals surface area contributed by atoms with Crippen molar-refractivity contribution in [1.29, 1.82) is 0 Å². The number of carbonyl (C=O) groups is 2. The van der Waals surface area contributed by atoms with E-state index in [9.17, 15) is 9.59 Å². The van der Waals surface area contributed by atoms with Crippen LogP contribution in [0.5, 0.6) is 5.75 Å². The lowest BCUT2D eigenvalue weighted by Crippen LogP contribution is -2.43. The van der Waals surface area contributed by atoms with Gasteiger partial charge in [0.1, 0.15) is 11.4 Å². The van der Waals surface area contributed by atoms with Gasteiger partial charge in [0.15, 0.2) is 0 Å². The topological polar surface area (TPSA) is 53.1 Å². The summed E-state index contributed by atoms with van der Waals surface area (Å²) in [6.45, 7) is 6.23. The van der Waals surface area contributed by atoms with Crippen molar-refractivity contribution in [2.75, 3.05) is 34.3 Å². The Balaban J connectivity index is 1.75. The maximum Gasteiger partial charge on any atom is 0.278 e. The molecule has 6 nitrogen and oxygen atoms in total. The SMILES string of the molecule is COc1ccccc1CN1C(=O)C(c2ccc(C)c(C)c2)=C(N(C)C2CCN(C)CC2)C1=O. The molecule has 2 aliphatic heterocycles. The molecular weight excluding hydrogens is 414 g/mol. The van der Waals surface area contributed by atoms with Gasteiger partial charge in [0, 0.05) is 18.7 Å². The highest BCUT2D eigenvalue weighted by atomic mass is 16.5. The van der Waals surface area contributed by atoms with Crippen LogP contribution in [0.15, 0.2) is 48.2 Å². The first-order chi connectivity index (χ1) is 15.8. The van der Waals surface area contributed by atoms with Crippen molar-refractivity contribution < 1.29 is 14.3 Å². The molecule has 33 heavy (non-hydrogen) atoms. The Hall–Kier alpha value is -3.12. The summed E-state index contributed by atoms with van der Waals surface area (Å²) in [4.78, 5) is 33.2. The largest absolute Gasteiger partial charge is 0.496 e. The molecule has 1 saturated heterocycles. The van der Waals surface area contributed by atoms with Gasteiger partial charge in [-0.3, -0.25) is 14.5 Å². The monoisotopic (exact) mass is 447 g/mol. The number of amides is 2. The van der Waals surface area contributed by atoms with E-state index < -0.39 is 0 Å². The Morgan fingerprint density at radius 1 is 1.00 bits per heavy atom. The highest BCUT2D eigenvalue weighted by Crippen LogP contribution is 2.35. The van der Waals surface area contributed by atoms with Crippen LogP contribution in [0.3, 0.4) is 0 Å². The van der Waals surface area contributed by atoms with E-state index in [4.69, 9.17) is 4.74 Å². The van der Waals surface area contributed by atoms with Gasteiger partial charge in [-0.15, -0.1) is 0 Å². The number of carbonyl (C=O) groups excluding carboxylic acids is 2. The van der Waals surface area contributed by atoms with Crippen LogP contribution >= 0.6 is 0 Å². The molecule has 2 aromatic carbocycles. The Bertz CT molecular complexity index is 1100. The number of likely N-dealkylation sites (N-methyl/N-ethyl adjacent to an activating group) is 1. The quantitative estimate of drug-likeness (QED) is 0.633. The van der Waals surface area contributed by atoms with Gasteiger partial charge in [-0.1, -0.05) is 36.4 Å². The van der Waals surface area contributed by atoms with Crippen LogP contribution in [0.25, 0.3) is 5.57 Å². The number of piperidine rings is 1. The molecule has 0 aromatic heterocycles. The van der Waals surface area contributed by atoms with Crippen LogP contribution in [-0.4, -0.2) is 66.9 Å². The summed E-state index contributed by atoms with van der Waals surface area (Å²) in [7, 11) is 5.68. The standard InChI is InChI=1S/C27H33N3O3/c1-18-10-11-20(16-19(18)2)24-25(29(4)22-12-14-28(3)15-13-22)27(32)30(26(24)31)17-21-8-6-7-9-23(21)33-5/h6-11,16,22H,12-15,17H2,1-5H3. The van der Waals surface area contributed by atoms with E-state index in [0.29, 0.717) is 17.0 Å². The van der Waals surface area contributed by atoms with Gasteiger partial charge in [0.05, 0.1) is 19.2 Å². The number of hydrogen-bond donors (Lipinski definition) is 0. The maximum absolute atomic E-state index is 13.8. The van der Waals surface area contributed by atoms with Crippen LogP contribution in [0.1, 0.15) is 35.1 Å². The number of para-hydroxylation sites is 1.